The Morgan fingerprint density at radius 3 is 2.38 bits per heavy atom. The zero-order chi connectivity index (χ0) is 9.84. The van der Waals surface area contributed by atoms with E-state index in [0.29, 0.717) is 11.3 Å². The number of alkyl halides is 2. The van der Waals surface area contributed by atoms with E-state index < -0.39 is 9.96 Å². The normalized spacial score (nSPS) is 12.2. The highest BCUT2D eigenvalue weighted by Crippen LogP contribution is 2.15. The number of halogens is 2. The molecular formula is C9H8FIO2. The molecule has 0 saturated carbocycles. The second kappa shape index (κ2) is 4.55. The summed E-state index contributed by atoms with van der Waals surface area (Å²) in [6, 6.07) is 6.36. The highest BCUT2D eigenvalue weighted by Gasteiger charge is 2.14. The summed E-state index contributed by atoms with van der Waals surface area (Å²) in [4.78, 5) is 11.1. The Morgan fingerprint density at radius 1 is 1.46 bits per heavy atom. The third kappa shape index (κ3) is 2.65. The first-order valence-electron chi connectivity index (χ1n) is 3.61. The number of Topliss-reactive ketones (excluding diaryl/α,β-unsaturated/α-hetero) is 1. The van der Waals surface area contributed by atoms with Gasteiger partial charge in [-0.05, 0) is 46.9 Å². The molecule has 1 rings (SSSR count). The van der Waals surface area contributed by atoms with Gasteiger partial charge in [0.1, 0.15) is 5.75 Å². The molecule has 0 fully saturated rings. The number of benzene rings is 1. The summed E-state index contributed by atoms with van der Waals surface area (Å²) in [6.45, 7) is 0. The second-order valence-corrected chi connectivity index (χ2v) is 3.49. The molecule has 1 atom stereocenters. The van der Waals surface area contributed by atoms with Crippen molar-refractivity contribution in [1.29, 1.82) is 0 Å². The van der Waals surface area contributed by atoms with Crippen LogP contribution in [-0.2, 0) is 0 Å². The third-order valence-corrected chi connectivity index (χ3v) is 2.14. The first-order chi connectivity index (χ1) is 6.15. The zero-order valence-electron chi connectivity index (χ0n) is 6.96. The molecule has 0 saturated heterocycles. The van der Waals surface area contributed by atoms with Crippen LogP contribution >= 0.6 is 22.6 Å². The van der Waals surface area contributed by atoms with E-state index in [-0.39, 0.29) is 0 Å². The maximum absolute atomic E-state index is 12.6. The van der Waals surface area contributed by atoms with Crippen LogP contribution < -0.4 is 4.74 Å². The summed E-state index contributed by atoms with van der Waals surface area (Å²) >= 11 is 1.44. The highest BCUT2D eigenvalue weighted by atomic mass is 127. The molecule has 0 aliphatic carbocycles. The molecule has 1 aromatic carbocycles. The van der Waals surface area contributed by atoms with Gasteiger partial charge < -0.3 is 4.74 Å². The first kappa shape index (κ1) is 10.4. The molecule has 4 heteroatoms. The van der Waals surface area contributed by atoms with Crippen LogP contribution in [0.3, 0.4) is 0 Å². The van der Waals surface area contributed by atoms with E-state index in [1.165, 1.54) is 29.7 Å². The van der Waals surface area contributed by atoms with Gasteiger partial charge in [0.15, 0.2) is 0 Å². The lowest BCUT2D eigenvalue weighted by Gasteiger charge is -2.02. The monoisotopic (exact) mass is 294 g/mol. The Bertz CT molecular complexity index is 295. The van der Waals surface area contributed by atoms with Gasteiger partial charge in [-0.2, -0.15) is 0 Å². The fraction of sp³-hybridized carbons (Fsp3) is 0.222. The lowest BCUT2D eigenvalue weighted by atomic mass is 10.1. The summed E-state index contributed by atoms with van der Waals surface area (Å²) in [5.41, 5.74) is 0.364. The van der Waals surface area contributed by atoms with Crippen LogP contribution in [0, 0.1) is 0 Å². The third-order valence-electron chi connectivity index (χ3n) is 1.57. The molecular weight excluding hydrogens is 286 g/mol. The SMILES string of the molecule is COc1ccc(C(=O)C(F)I)cc1. The fourth-order valence-electron chi connectivity index (χ4n) is 0.881. The summed E-state index contributed by atoms with van der Waals surface area (Å²) < 4.78 is 16.0. The minimum Gasteiger partial charge on any atom is -0.497 e. The van der Waals surface area contributed by atoms with Crippen LogP contribution in [0.2, 0.25) is 0 Å². The molecule has 0 N–H and O–H groups in total. The minimum atomic E-state index is -1.48. The number of carbonyl (C=O) groups excluding carboxylic acids is 1. The summed E-state index contributed by atoms with van der Waals surface area (Å²) in [5, 5.41) is 0. The molecule has 0 aromatic heterocycles. The van der Waals surface area contributed by atoms with E-state index in [1.54, 1.807) is 24.3 Å². The number of methoxy groups -OCH3 is 1. The second-order valence-electron chi connectivity index (χ2n) is 2.39. The molecule has 0 heterocycles. The first-order valence-corrected chi connectivity index (χ1v) is 4.86. The van der Waals surface area contributed by atoms with E-state index in [9.17, 15) is 9.18 Å². The lowest BCUT2D eigenvalue weighted by molar-refractivity contribution is 0.0948. The molecule has 1 unspecified atom stereocenters. The molecule has 0 amide bonds. The van der Waals surface area contributed by atoms with Crippen molar-refractivity contribution >= 4 is 28.4 Å². The van der Waals surface area contributed by atoms with Crippen LogP contribution in [-0.4, -0.2) is 17.1 Å². The predicted molar refractivity (Wildman–Crippen MR) is 56.2 cm³/mol. The van der Waals surface area contributed by atoms with Gasteiger partial charge in [-0.25, -0.2) is 4.39 Å². The standard InChI is InChI=1S/C9H8FIO2/c1-13-7-4-2-6(3-5-7)8(12)9(10)11/h2-5,9H,1H3. The van der Waals surface area contributed by atoms with Crippen molar-refractivity contribution in [3.8, 4) is 5.75 Å². The van der Waals surface area contributed by atoms with Crippen LogP contribution in [0.25, 0.3) is 0 Å². The number of rotatable bonds is 3. The van der Waals surface area contributed by atoms with Crippen LogP contribution in [0.5, 0.6) is 5.75 Å². The van der Waals surface area contributed by atoms with Crippen molar-refractivity contribution in [2.24, 2.45) is 0 Å². The van der Waals surface area contributed by atoms with Crippen molar-refractivity contribution in [1.82, 2.24) is 0 Å². The van der Waals surface area contributed by atoms with Crippen molar-refractivity contribution < 1.29 is 13.9 Å². The van der Waals surface area contributed by atoms with Crippen molar-refractivity contribution in [3.05, 3.63) is 29.8 Å². The van der Waals surface area contributed by atoms with Gasteiger partial charge in [-0.3, -0.25) is 4.79 Å². The molecule has 0 radical (unpaired) electrons. The van der Waals surface area contributed by atoms with Gasteiger partial charge in [-0.15, -0.1) is 0 Å². The fourth-order valence-corrected chi connectivity index (χ4v) is 1.24. The molecule has 0 aliphatic rings. The molecule has 1 aromatic rings. The van der Waals surface area contributed by atoms with Gasteiger partial charge in [-0.1, -0.05) is 0 Å². The topological polar surface area (TPSA) is 26.3 Å². The number of hydrogen-bond donors (Lipinski definition) is 0. The quantitative estimate of drug-likeness (QED) is 0.486. The maximum atomic E-state index is 12.6. The van der Waals surface area contributed by atoms with E-state index in [4.69, 9.17) is 4.74 Å². The predicted octanol–water partition coefficient (Wildman–Crippen LogP) is 2.61. The number of ketones is 1. The van der Waals surface area contributed by atoms with Crippen LogP contribution in [0.1, 0.15) is 10.4 Å². The van der Waals surface area contributed by atoms with E-state index in [2.05, 4.69) is 0 Å². The summed E-state index contributed by atoms with van der Waals surface area (Å²) in [5.74, 6) is 0.142. The molecule has 70 valence electrons. The number of carbonyl (C=O) groups is 1. The average molecular weight is 294 g/mol. The molecule has 2 nitrogen and oxygen atoms in total. The highest BCUT2D eigenvalue weighted by molar-refractivity contribution is 14.1. The lowest BCUT2D eigenvalue weighted by Crippen LogP contribution is -2.07. The number of hydrogen-bond acceptors (Lipinski definition) is 2. The van der Waals surface area contributed by atoms with Crippen molar-refractivity contribution in [3.63, 3.8) is 0 Å². The Hall–Kier alpha value is -0.650. The van der Waals surface area contributed by atoms with Gasteiger partial charge in [0.2, 0.25) is 9.96 Å². The van der Waals surface area contributed by atoms with E-state index in [1.807, 2.05) is 0 Å². The minimum absolute atomic E-state index is 0.364. The summed E-state index contributed by atoms with van der Waals surface area (Å²) in [7, 11) is 1.53. The van der Waals surface area contributed by atoms with Gasteiger partial charge in [0, 0.05) is 5.56 Å². The number of ether oxygens (including phenoxy) is 1. The smallest absolute Gasteiger partial charge is 0.213 e. The van der Waals surface area contributed by atoms with Crippen molar-refractivity contribution in [2.75, 3.05) is 7.11 Å². The largest absolute Gasteiger partial charge is 0.497 e. The zero-order valence-corrected chi connectivity index (χ0v) is 9.12. The van der Waals surface area contributed by atoms with Gasteiger partial charge in [0.25, 0.3) is 0 Å². The molecule has 0 aliphatic heterocycles. The van der Waals surface area contributed by atoms with Gasteiger partial charge >= 0.3 is 0 Å². The molecule has 0 spiro atoms. The van der Waals surface area contributed by atoms with Crippen LogP contribution in [0.4, 0.5) is 4.39 Å². The van der Waals surface area contributed by atoms with Crippen molar-refractivity contribution in [2.45, 2.75) is 4.18 Å². The molecule has 0 bridgehead atoms. The molecule has 13 heavy (non-hydrogen) atoms. The van der Waals surface area contributed by atoms with E-state index in [0.717, 1.165) is 0 Å². The Morgan fingerprint density at radius 2 is 2.00 bits per heavy atom. The average Bonchev–Trinajstić information content (AvgIpc) is 2.17. The van der Waals surface area contributed by atoms with E-state index >= 15 is 0 Å². The Balaban J connectivity index is 2.86. The summed E-state index contributed by atoms with van der Waals surface area (Å²) in [6.07, 6.45) is 0. The maximum Gasteiger partial charge on any atom is 0.213 e. The van der Waals surface area contributed by atoms with Gasteiger partial charge in [0.05, 0.1) is 7.11 Å². The Kier molecular flexibility index (Phi) is 3.65. The van der Waals surface area contributed by atoms with Crippen LogP contribution in [0.15, 0.2) is 24.3 Å². The Labute approximate surface area is 89.2 Å².